The summed E-state index contributed by atoms with van der Waals surface area (Å²) in [6.45, 7) is 4.29. The van der Waals surface area contributed by atoms with Crippen molar-refractivity contribution in [3.63, 3.8) is 0 Å². The summed E-state index contributed by atoms with van der Waals surface area (Å²) >= 11 is 0. The molecular weight excluding hydrogens is 274 g/mol. The fraction of sp³-hybridized carbons (Fsp3) is 0.467. The average Bonchev–Trinajstić information content (AvgIpc) is 2.43. The quantitative estimate of drug-likeness (QED) is 0.719. The van der Waals surface area contributed by atoms with Gasteiger partial charge in [-0.3, -0.25) is 4.84 Å². The lowest BCUT2D eigenvalue weighted by Gasteiger charge is -2.14. The van der Waals surface area contributed by atoms with E-state index in [2.05, 4.69) is 0 Å². The van der Waals surface area contributed by atoms with Gasteiger partial charge in [0.25, 0.3) is 0 Å². The van der Waals surface area contributed by atoms with Crippen molar-refractivity contribution in [3.8, 4) is 0 Å². The lowest BCUT2D eigenvalue weighted by atomic mass is 10.1. The number of hydrogen-bond acceptors (Lipinski definition) is 4. The summed E-state index contributed by atoms with van der Waals surface area (Å²) in [4.78, 5) is 27.4. The molecule has 0 bridgehead atoms. The molecule has 116 valence electrons. The third-order valence-corrected chi connectivity index (χ3v) is 2.75. The van der Waals surface area contributed by atoms with Crippen LogP contribution in [0.1, 0.15) is 25.8 Å². The zero-order valence-corrected chi connectivity index (χ0v) is 12.2. The number of benzene rings is 1. The van der Waals surface area contributed by atoms with E-state index in [1.54, 1.807) is 12.1 Å². The molecule has 0 radical (unpaired) electrons. The summed E-state index contributed by atoms with van der Waals surface area (Å²) in [5.41, 5.74) is 2.82. The molecule has 0 fully saturated rings. The molecule has 21 heavy (non-hydrogen) atoms. The van der Waals surface area contributed by atoms with Gasteiger partial charge < -0.3 is 9.84 Å². The van der Waals surface area contributed by atoms with Crippen LogP contribution in [-0.2, 0) is 20.8 Å². The average molecular weight is 295 g/mol. The normalized spacial score (nSPS) is 12.0. The number of ether oxygens (including phenoxy) is 1. The second-order valence-electron chi connectivity index (χ2n) is 5.05. The van der Waals surface area contributed by atoms with Crippen LogP contribution in [0.3, 0.4) is 0 Å². The predicted octanol–water partition coefficient (Wildman–Crippen LogP) is 2.39. The van der Waals surface area contributed by atoms with Gasteiger partial charge >= 0.3 is 12.1 Å². The van der Waals surface area contributed by atoms with Gasteiger partial charge in [0, 0.05) is 6.42 Å². The SMILES string of the molecule is CC(C)CCOC(=O)NO[C@H](Cc1ccccc1)C(=O)O. The number of aliphatic carboxylic acids is 1. The summed E-state index contributed by atoms with van der Waals surface area (Å²) in [7, 11) is 0. The summed E-state index contributed by atoms with van der Waals surface area (Å²) in [5, 5.41) is 9.08. The predicted molar refractivity (Wildman–Crippen MR) is 76.6 cm³/mol. The maximum absolute atomic E-state index is 11.4. The Morgan fingerprint density at radius 3 is 2.48 bits per heavy atom. The molecule has 0 spiro atoms. The largest absolute Gasteiger partial charge is 0.479 e. The van der Waals surface area contributed by atoms with Crippen molar-refractivity contribution in [1.82, 2.24) is 5.48 Å². The van der Waals surface area contributed by atoms with Gasteiger partial charge in [0.15, 0.2) is 6.10 Å². The lowest BCUT2D eigenvalue weighted by molar-refractivity contribution is -0.154. The van der Waals surface area contributed by atoms with Crippen molar-refractivity contribution in [2.24, 2.45) is 5.92 Å². The molecule has 1 aromatic rings. The third-order valence-electron chi connectivity index (χ3n) is 2.75. The zero-order chi connectivity index (χ0) is 15.7. The van der Waals surface area contributed by atoms with Crippen LogP contribution >= 0.6 is 0 Å². The molecule has 0 aliphatic heterocycles. The summed E-state index contributed by atoms with van der Waals surface area (Å²) in [6.07, 6.45) is -1.05. The van der Waals surface area contributed by atoms with Crippen LogP contribution in [-0.4, -0.2) is 29.9 Å². The van der Waals surface area contributed by atoms with E-state index in [4.69, 9.17) is 14.7 Å². The van der Waals surface area contributed by atoms with Crippen molar-refractivity contribution < 1.29 is 24.3 Å². The number of nitrogens with one attached hydrogen (secondary N) is 1. The summed E-state index contributed by atoms with van der Waals surface area (Å²) < 4.78 is 4.87. The Balaban J connectivity index is 2.38. The second kappa shape index (κ2) is 8.97. The highest BCUT2D eigenvalue weighted by atomic mass is 16.7. The number of carboxylic acid groups (broad SMARTS) is 1. The first kappa shape index (κ1) is 17.0. The molecule has 0 unspecified atom stereocenters. The highest BCUT2D eigenvalue weighted by Gasteiger charge is 2.20. The van der Waals surface area contributed by atoms with E-state index >= 15 is 0 Å². The van der Waals surface area contributed by atoms with Gasteiger partial charge in [-0.15, -0.1) is 0 Å². The van der Waals surface area contributed by atoms with Crippen molar-refractivity contribution in [2.75, 3.05) is 6.61 Å². The van der Waals surface area contributed by atoms with Crippen molar-refractivity contribution >= 4 is 12.1 Å². The second-order valence-corrected chi connectivity index (χ2v) is 5.05. The van der Waals surface area contributed by atoms with E-state index in [0.29, 0.717) is 5.92 Å². The van der Waals surface area contributed by atoms with E-state index in [1.165, 1.54) is 0 Å². The highest BCUT2D eigenvalue weighted by Crippen LogP contribution is 2.06. The van der Waals surface area contributed by atoms with Crippen molar-refractivity contribution in [3.05, 3.63) is 35.9 Å². The number of hydroxylamine groups is 1. The first-order valence-electron chi connectivity index (χ1n) is 6.84. The number of carbonyl (C=O) groups is 2. The minimum atomic E-state index is -1.16. The smallest absolute Gasteiger partial charge is 0.431 e. The number of hydrogen-bond donors (Lipinski definition) is 2. The molecule has 6 heteroatoms. The van der Waals surface area contributed by atoms with Crippen LogP contribution in [0.15, 0.2) is 30.3 Å². The molecule has 0 heterocycles. The maximum Gasteiger partial charge on any atom is 0.431 e. The lowest BCUT2D eigenvalue weighted by Crippen LogP contribution is -2.36. The Hall–Kier alpha value is -2.08. The highest BCUT2D eigenvalue weighted by molar-refractivity contribution is 5.73. The molecule has 0 aliphatic carbocycles. The number of carbonyl (C=O) groups excluding carboxylic acids is 1. The van der Waals surface area contributed by atoms with Crippen molar-refractivity contribution in [1.29, 1.82) is 0 Å². The van der Waals surface area contributed by atoms with Crippen molar-refractivity contribution in [2.45, 2.75) is 32.8 Å². The van der Waals surface area contributed by atoms with Gasteiger partial charge in [-0.1, -0.05) is 44.2 Å². The van der Waals surface area contributed by atoms with Crippen LogP contribution in [0.4, 0.5) is 4.79 Å². The standard InChI is InChI=1S/C15H21NO5/c1-11(2)8-9-20-15(19)16-21-13(14(17)18)10-12-6-4-3-5-7-12/h3-7,11,13H,8-10H2,1-2H3,(H,16,19)(H,17,18)/t13-/m1/s1. The molecular formula is C15H21NO5. The first-order chi connectivity index (χ1) is 9.99. The Labute approximate surface area is 124 Å². The number of rotatable bonds is 8. The van der Waals surface area contributed by atoms with Crippen LogP contribution in [0.25, 0.3) is 0 Å². The molecule has 1 rings (SSSR count). The fourth-order valence-corrected chi connectivity index (χ4v) is 1.54. The van der Waals surface area contributed by atoms with Gasteiger partial charge in [-0.05, 0) is 17.9 Å². The number of amides is 1. The van der Waals surface area contributed by atoms with E-state index in [9.17, 15) is 9.59 Å². The molecule has 0 saturated carbocycles. The Morgan fingerprint density at radius 2 is 1.90 bits per heavy atom. The topological polar surface area (TPSA) is 84.9 Å². The molecule has 6 nitrogen and oxygen atoms in total. The van der Waals surface area contributed by atoms with E-state index in [1.807, 2.05) is 37.5 Å². The van der Waals surface area contributed by atoms with Crippen LogP contribution in [0.5, 0.6) is 0 Å². The van der Waals surface area contributed by atoms with Crippen LogP contribution < -0.4 is 5.48 Å². The monoisotopic (exact) mass is 295 g/mol. The van der Waals surface area contributed by atoms with Crippen LogP contribution in [0, 0.1) is 5.92 Å². The van der Waals surface area contributed by atoms with Gasteiger partial charge in [0.1, 0.15) is 0 Å². The molecule has 0 aromatic heterocycles. The van der Waals surface area contributed by atoms with E-state index in [-0.39, 0.29) is 13.0 Å². The summed E-state index contributed by atoms with van der Waals surface area (Å²) in [5.74, 6) is -0.732. The third kappa shape index (κ3) is 7.31. The molecule has 1 aromatic carbocycles. The van der Waals surface area contributed by atoms with Gasteiger partial charge in [-0.2, -0.15) is 5.48 Å². The Bertz CT molecular complexity index is 447. The van der Waals surface area contributed by atoms with E-state index in [0.717, 1.165) is 12.0 Å². The van der Waals surface area contributed by atoms with E-state index < -0.39 is 18.2 Å². The number of carboxylic acids is 1. The zero-order valence-electron chi connectivity index (χ0n) is 12.2. The first-order valence-corrected chi connectivity index (χ1v) is 6.84. The van der Waals surface area contributed by atoms with Crippen LogP contribution in [0.2, 0.25) is 0 Å². The molecule has 1 amide bonds. The molecule has 0 aliphatic rings. The molecule has 0 saturated heterocycles. The summed E-state index contributed by atoms with van der Waals surface area (Å²) in [6, 6.07) is 9.04. The van der Waals surface area contributed by atoms with Gasteiger partial charge in [0.2, 0.25) is 0 Å². The molecule has 2 N–H and O–H groups in total. The fourth-order valence-electron chi connectivity index (χ4n) is 1.54. The van der Waals surface area contributed by atoms with Gasteiger partial charge in [0.05, 0.1) is 6.61 Å². The minimum absolute atomic E-state index is 0.155. The maximum atomic E-state index is 11.4. The van der Waals surface area contributed by atoms with Gasteiger partial charge in [-0.25, -0.2) is 9.59 Å². The minimum Gasteiger partial charge on any atom is -0.479 e. The molecule has 1 atom stereocenters. The Morgan fingerprint density at radius 1 is 1.24 bits per heavy atom. The Kier molecular flexibility index (Phi) is 7.25.